The van der Waals surface area contributed by atoms with E-state index in [2.05, 4.69) is 9.44 Å². The van der Waals surface area contributed by atoms with Crippen molar-refractivity contribution in [3.05, 3.63) is 0 Å². The largest absolute Gasteiger partial charge is 1.00 e. The number of hydrogen-bond donors (Lipinski definition) is 3. The summed E-state index contributed by atoms with van der Waals surface area (Å²) in [6.45, 7) is 0. The Balaban J connectivity index is 0.00000169. The predicted molar refractivity (Wildman–Crippen MR) is 85.7 cm³/mol. The summed E-state index contributed by atoms with van der Waals surface area (Å²) in [5, 5.41) is 0. The van der Waals surface area contributed by atoms with Crippen molar-refractivity contribution in [3.63, 3.8) is 0 Å². The molecular weight excluding hydrogens is 361 g/mol. The fourth-order valence-corrected chi connectivity index (χ4v) is 8.28. The van der Waals surface area contributed by atoms with Gasteiger partial charge in [0.05, 0.1) is 0 Å². The van der Waals surface area contributed by atoms with Crippen molar-refractivity contribution in [3.8, 4) is 0 Å². The molecule has 0 saturated heterocycles. The van der Waals surface area contributed by atoms with Gasteiger partial charge in [0.2, 0.25) is 0 Å². The minimum absolute atomic E-state index is 0. The van der Waals surface area contributed by atoms with Crippen molar-refractivity contribution in [2.45, 2.75) is 63.5 Å². The molecule has 24 heavy (non-hydrogen) atoms. The Morgan fingerprint density at radius 2 is 1.04 bits per heavy atom. The molecule has 0 aliphatic heterocycles. The second kappa shape index (κ2) is 7.07. The van der Waals surface area contributed by atoms with E-state index in [1.54, 1.807) is 0 Å². The van der Waals surface area contributed by atoms with Gasteiger partial charge in [0.25, 0.3) is 20.4 Å². The molecule has 0 aromatic heterocycles. The average Bonchev–Trinajstić information content (AvgIpc) is 3.15. The Bertz CT molecular complexity index is 626. The fourth-order valence-electron chi connectivity index (χ4n) is 5.37. The topological polar surface area (TPSA) is 104 Å². The van der Waals surface area contributed by atoms with Gasteiger partial charge in [-0.05, 0) is 62.2 Å². The average molecular weight is 386 g/mol. The minimum atomic E-state index is -4.05. The van der Waals surface area contributed by atoms with E-state index in [1.807, 2.05) is 4.13 Å². The van der Waals surface area contributed by atoms with Gasteiger partial charge in [-0.15, -0.1) is 0 Å². The molecule has 0 aromatic carbocycles. The zero-order chi connectivity index (χ0) is 16.2. The van der Waals surface area contributed by atoms with Gasteiger partial charge in [0.1, 0.15) is 0 Å². The normalized spacial score (nSPS) is 40.8. The molecule has 4 aliphatic carbocycles. The van der Waals surface area contributed by atoms with Crippen molar-refractivity contribution in [2.24, 2.45) is 23.7 Å². The fraction of sp³-hybridized carbons (Fsp3) is 1.00. The summed E-state index contributed by atoms with van der Waals surface area (Å²) < 4.78 is 55.6. The third kappa shape index (κ3) is 4.19. The van der Waals surface area contributed by atoms with E-state index >= 15 is 0 Å². The van der Waals surface area contributed by atoms with E-state index in [4.69, 9.17) is 0 Å². The molecule has 3 N–H and O–H groups in total. The molecule has 4 bridgehead atoms. The quantitative estimate of drug-likeness (QED) is 0.444. The molecule has 0 radical (unpaired) electrons. The number of fused-ring (bicyclic) bond motifs is 4. The molecule has 0 heterocycles. The third-order valence-electron chi connectivity index (χ3n) is 6.31. The third-order valence-corrected chi connectivity index (χ3v) is 9.29. The Kier molecular flexibility index (Phi) is 5.76. The minimum Gasteiger partial charge on any atom is -0.198 e. The van der Waals surface area contributed by atoms with Gasteiger partial charge >= 0.3 is 29.6 Å². The standard InChI is InChI=1S/C14H25N3O4S2.Na/c18-22(19,15-13-7-9-1-3-11(13)5-9)17-23(20,21)16-14-8-10-2-4-12(14)6-10;/h9-17H,1-8H2;/q;+1/t9-,10+,11+,12-,13-,14+;. The van der Waals surface area contributed by atoms with E-state index in [-0.39, 0.29) is 41.6 Å². The molecule has 10 heteroatoms. The van der Waals surface area contributed by atoms with Gasteiger partial charge in [0.15, 0.2) is 0 Å². The summed E-state index contributed by atoms with van der Waals surface area (Å²) in [6.07, 6.45) is 8.17. The zero-order valence-corrected chi connectivity index (χ0v) is 17.7. The first-order valence-electron chi connectivity index (χ1n) is 8.63. The van der Waals surface area contributed by atoms with Gasteiger partial charge in [-0.3, -0.25) is 0 Å². The van der Waals surface area contributed by atoms with Crippen LogP contribution in [0.15, 0.2) is 0 Å². The molecule has 0 unspecified atom stereocenters. The monoisotopic (exact) mass is 386 g/mol. The molecule has 0 spiro atoms. The van der Waals surface area contributed by atoms with E-state index in [0.29, 0.717) is 23.7 Å². The second-order valence-corrected chi connectivity index (χ2v) is 11.0. The van der Waals surface area contributed by atoms with E-state index in [9.17, 15) is 16.8 Å². The zero-order valence-electron chi connectivity index (χ0n) is 14.1. The second-order valence-electron chi connectivity index (χ2n) is 7.89. The summed E-state index contributed by atoms with van der Waals surface area (Å²) >= 11 is 0. The molecule has 6 atom stereocenters. The first-order chi connectivity index (χ1) is 10.8. The molecule has 7 nitrogen and oxygen atoms in total. The molecular formula is C14H25N3NaO4S2+. The molecule has 4 saturated carbocycles. The Morgan fingerprint density at radius 1 is 0.625 bits per heavy atom. The van der Waals surface area contributed by atoms with Crippen LogP contribution >= 0.6 is 0 Å². The molecule has 4 aliphatic rings. The first kappa shape index (κ1) is 19.5. The van der Waals surface area contributed by atoms with Gasteiger partial charge in [-0.1, -0.05) is 17.0 Å². The maximum Gasteiger partial charge on any atom is 1.00 e. The molecule has 0 aromatic rings. The number of nitrogens with one attached hydrogen (secondary N) is 3. The van der Waals surface area contributed by atoms with E-state index in [0.717, 1.165) is 38.5 Å². The van der Waals surface area contributed by atoms with Crippen LogP contribution < -0.4 is 43.1 Å². The van der Waals surface area contributed by atoms with Crippen molar-refractivity contribution in [1.82, 2.24) is 13.6 Å². The van der Waals surface area contributed by atoms with Crippen LogP contribution in [0, 0.1) is 23.7 Å². The molecule has 0 amide bonds. The Hall–Kier alpha value is 0.780. The van der Waals surface area contributed by atoms with Gasteiger partial charge in [-0.2, -0.15) is 26.3 Å². The van der Waals surface area contributed by atoms with Crippen LogP contribution in [0.3, 0.4) is 0 Å². The first-order valence-corrected chi connectivity index (χ1v) is 11.6. The molecule has 4 fully saturated rings. The predicted octanol–water partition coefficient (Wildman–Crippen LogP) is -2.37. The Labute approximate surface area is 166 Å². The Morgan fingerprint density at radius 3 is 1.33 bits per heavy atom. The maximum atomic E-state index is 12.2. The summed E-state index contributed by atoms with van der Waals surface area (Å²) in [4.78, 5) is 0. The van der Waals surface area contributed by atoms with Crippen molar-refractivity contribution < 1.29 is 46.4 Å². The molecule has 4 rings (SSSR count). The van der Waals surface area contributed by atoms with Crippen LogP contribution in [0.2, 0.25) is 0 Å². The molecule has 132 valence electrons. The summed E-state index contributed by atoms with van der Waals surface area (Å²) in [6, 6.07) is -0.243. The maximum absolute atomic E-state index is 12.2. The summed E-state index contributed by atoms with van der Waals surface area (Å²) in [5.41, 5.74) is 0. The van der Waals surface area contributed by atoms with Gasteiger partial charge in [-0.25, -0.2) is 0 Å². The van der Waals surface area contributed by atoms with Crippen LogP contribution in [0.5, 0.6) is 0 Å². The summed E-state index contributed by atoms with van der Waals surface area (Å²) in [7, 11) is -8.10. The van der Waals surface area contributed by atoms with Crippen LogP contribution in [0.1, 0.15) is 51.4 Å². The van der Waals surface area contributed by atoms with Crippen LogP contribution in [-0.4, -0.2) is 28.9 Å². The van der Waals surface area contributed by atoms with Gasteiger partial charge in [0, 0.05) is 12.1 Å². The number of hydrogen-bond acceptors (Lipinski definition) is 4. The SMILES string of the molecule is O=S(=O)(N[C@H]1C[C@H]2CC[C@@H]1C2)NS(=O)(=O)N[C@@H]1C[C@@H]2CC[C@H]1C2.[Na+]. The van der Waals surface area contributed by atoms with Crippen molar-refractivity contribution in [2.75, 3.05) is 0 Å². The van der Waals surface area contributed by atoms with Crippen LogP contribution in [0.25, 0.3) is 0 Å². The smallest absolute Gasteiger partial charge is 0.198 e. The van der Waals surface area contributed by atoms with Crippen LogP contribution in [0.4, 0.5) is 0 Å². The summed E-state index contributed by atoms with van der Waals surface area (Å²) in [5.74, 6) is 1.91. The van der Waals surface area contributed by atoms with Crippen LogP contribution in [-0.2, 0) is 20.4 Å². The van der Waals surface area contributed by atoms with Crippen molar-refractivity contribution >= 4 is 20.4 Å². The van der Waals surface area contributed by atoms with E-state index in [1.165, 1.54) is 12.8 Å². The number of rotatable bonds is 6. The van der Waals surface area contributed by atoms with Crippen molar-refractivity contribution in [1.29, 1.82) is 0 Å². The van der Waals surface area contributed by atoms with E-state index < -0.39 is 20.4 Å². The van der Waals surface area contributed by atoms with Gasteiger partial charge < -0.3 is 0 Å².